The maximum absolute atomic E-state index is 12.2. The van der Waals surface area contributed by atoms with Crippen molar-refractivity contribution >= 4 is 35.2 Å². The molecule has 0 spiro atoms. The molecule has 1 aliphatic rings. The lowest BCUT2D eigenvalue weighted by molar-refractivity contribution is -0.121. The van der Waals surface area contributed by atoms with Crippen molar-refractivity contribution < 1.29 is 19.5 Å². The Hall–Kier alpha value is -2.28. The van der Waals surface area contributed by atoms with E-state index >= 15 is 0 Å². The average Bonchev–Trinajstić information content (AvgIpc) is 2.87. The van der Waals surface area contributed by atoms with Gasteiger partial charge in [0.1, 0.15) is 11.6 Å². The summed E-state index contributed by atoms with van der Waals surface area (Å²) in [4.78, 5) is 36.0. The molecule has 112 valence electrons. The Morgan fingerprint density at radius 1 is 1.38 bits per heavy atom. The van der Waals surface area contributed by atoms with Crippen molar-refractivity contribution in [2.45, 2.75) is 18.9 Å². The first-order valence-corrected chi connectivity index (χ1v) is 6.68. The lowest BCUT2D eigenvalue weighted by Crippen LogP contribution is -2.45. The van der Waals surface area contributed by atoms with Gasteiger partial charge in [-0.2, -0.15) is 0 Å². The first kappa shape index (κ1) is 15.1. The summed E-state index contributed by atoms with van der Waals surface area (Å²) in [6.45, 7) is 0.391. The summed E-state index contributed by atoms with van der Waals surface area (Å²) < 4.78 is 0. The van der Waals surface area contributed by atoms with E-state index in [1.54, 1.807) is 0 Å². The summed E-state index contributed by atoms with van der Waals surface area (Å²) in [5.74, 6) is -1.82. The number of amides is 3. The fourth-order valence-corrected chi connectivity index (χ4v) is 2.59. The maximum atomic E-state index is 12.2. The van der Waals surface area contributed by atoms with E-state index in [9.17, 15) is 14.4 Å². The van der Waals surface area contributed by atoms with Crippen molar-refractivity contribution in [3.8, 4) is 0 Å². The number of aromatic carboxylic acids is 1. The third kappa shape index (κ3) is 3.08. The second-order valence-electron chi connectivity index (χ2n) is 4.65. The van der Waals surface area contributed by atoms with Crippen LogP contribution in [0.15, 0.2) is 18.2 Å². The highest BCUT2D eigenvalue weighted by molar-refractivity contribution is 6.34. The third-order valence-corrected chi connectivity index (χ3v) is 3.63. The minimum absolute atomic E-state index is 0.0215. The number of anilines is 1. The Balaban J connectivity index is 2.22. The van der Waals surface area contributed by atoms with Gasteiger partial charge in [0, 0.05) is 6.54 Å². The number of carbonyl (C=O) groups is 3. The van der Waals surface area contributed by atoms with Crippen LogP contribution in [0.3, 0.4) is 0 Å². The standard InChI is InChI=1S/C13H14ClN3O4/c14-7-3-1-4-8(10(7)12(19)20)16-13(21)17-6-2-5-9(17)11(15)18/h1,3-4,9H,2,5-6H2,(H2,15,18)(H,16,21)(H,19,20). The lowest BCUT2D eigenvalue weighted by atomic mass is 10.2. The van der Waals surface area contributed by atoms with Gasteiger partial charge in [-0.15, -0.1) is 0 Å². The molecule has 1 aromatic carbocycles. The number of hydrogen-bond donors (Lipinski definition) is 3. The van der Waals surface area contributed by atoms with Gasteiger partial charge in [0.25, 0.3) is 0 Å². The van der Waals surface area contributed by atoms with Gasteiger partial charge < -0.3 is 21.1 Å². The Morgan fingerprint density at radius 3 is 2.71 bits per heavy atom. The normalized spacial score (nSPS) is 17.6. The molecule has 2 rings (SSSR count). The predicted octanol–water partition coefficient (Wildman–Crippen LogP) is 1.52. The first-order chi connectivity index (χ1) is 9.91. The molecule has 1 saturated heterocycles. The van der Waals surface area contributed by atoms with Crippen LogP contribution in [0.1, 0.15) is 23.2 Å². The number of halogens is 1. The molecule has 1 fully saturated rings. The molecular formula is C13H14ClN3O4. The number of nitrogens with zero attached hydrogens (tertiary/aromatic N) is 1. The van der Waals surface area contributed by atoms with Gasteiger partial charge in [-0.05, 0) is 25.0 Å². The molecule has 1 unspecified atom stereocenters. The van der Waals surface area contributed by atoms with Gasteiger partial charge in [-0.25, -0.2) is 9.59 Å². The monoisotopic (exact) mass is 311 g/mol. The molecule has 21 heavy (non-hydrogen) atoms. The van der Waals surface area contributed by atoms with Crippen LogP contribution in [0.5, 0.6) is 0 Å². The van der Waals surface area contributed by atoms with Crippen LogP contribution in [-0.2, 0) is 4.79 Å². The van der Waals surface area contributed by atoms with Crippen LogP contribution < -0.4 is 11.1 Å². The van der Waals surface area contributed by atoms with Gasteiger partial charge in [-0.3, -0.25) is 4.79 Å². The summed E-state index contributed by atoms with van der Waals surface area (Å²) in [7, 11) is 0. The van der Waals surface area contributed by atoms with Gasteiger partial charge in [-0.1, -0.05) is 17.7 Å². The average molecular weight is 312 g/mol. The summed E-state index contributed by atoms with van der Waals surface area (Å²) in [5, 5.41) is 11.6. The molecule has 1 aromatic rings. The molecular weight excluding hydrogens is 298 g/mol. The zero-order valence-corrected chi connectivity index (χ0v) is 11.8. The topological polar surface area (TPSA) is 113 Å². The lowest BCUT2D eigenvalue weighted by Gasteiger charge is -2.23. The van der Waals surface area contributed by atoms with Crippen LogP contribution >= 0.6 is 11.6 Å². The van der Waals surface area contributed by atoms with Crippen molar-refractivity contribution in [1.29, 1.82) is 0 Å². The molecule has 0 bridgehead atoms. The number of nitrogens with two attached hydrogens (primary N) is 1. The van der Waals surface area contributed by atoms with Crippen LogP contribution in [-0.4, -0.2) is 40.5 Å². The number of urea groups is 1. The van der Waals surface area contributed by atoms with E-state index in [1.807, 2.05) is 0 Å². The van der Waals surface area contributed by atoms with E-state index in [0.29, 0.717) is 19.4 Å². The molecule has 1 aliphatic heterocycles. The van der Waals surface area contributed by atoms with Gasteiger partial charge in [0.2, 0.25) is 5.91 Å². The Morgan fingerprint density at radius 2 is 2.10 bits per heavy atom. The highest BCUT2D eigenvalue weighted by atomic mass is 35.5. The summed E-state index contributed by atoms with van der Waals surface area (Å²) >= 11 is 5.83. The Kier molecular flexibility index (Phi) is 4.32. The van der Waals surface area contributed by atoms with Crippen LogP contribution in [0.4, 0.5) is 10.5 Å². The SMILES string of the molecule is NC(=O)C1CCCN1C(=O)Nc1cccc(Cl)c1C(=O)O. The quantitative estimate of drug-likeness (QED) is 0.785. The number of carboxylic acid groups (broad SMARTS) is 1. The van der Waals surface area contributed by atoms with E-state index in [2.05, 4.69) is 5.32 Å². The Bertz CT molecular complexity index is 605. The fourth-order valence-electron chi connectivity index (χ4n) is 2.34. The molecule has 0 aromatic heterocycles. The van der Waals surface area contributed by atoms with Gasteiger partial charge in [0.05, 0.1) is 10.7 Å². The number of primary amides is 1. The molecule has 1 heterocycles. The van der Waals surface area contributed by atoms with Crippen molar-refractivity contribution in [2.24, 2.45) is 5.73 Å². The van der Waals surface area contributed by atoms with Gasteiger partial charge in [0.15, 0.2) is 0 Å². The van der Waals surface area contributed by atoms with E-state index in [1.165, 1.54) is 23.1 Å². The van der Waals surface area contributed by atoms with Crippen molar-refractivity contribution in [3.05, 3.63) is 28.8 Å². The van der Waals surface area contributed by atoms with Crippen molar-refractivity contribution in [2.75, 3.05) is 11.9 Å². The highest BCUT2D eigenvalue weighted by Gasteiger charge is 2.33. The number of nitrogens with one attached hydrogen (secondary N) is 1. The molecule has 3 amide bonds. The molecule has 0 radical (unpaired) electrons. The van der Waals surface area contributed by atoms with E-state index in [-0.39, 0.29) is 16.3 Å². The minimum Gasteiger partial charge on any atom is -0.478 e. The van der Waals surface area contributed by atoms with Crippen molar-refractivity contribution in [3.63, 3.8) is 0 Å². The second-order valence-corrected chi connectivity index (χ2v) is 5.06. The molecule has 0 aliphatic carbocycles. The number of carboxylic acids is 1. The molecule has 4 N–H and O–H groups in total. The van der Waals surface area contributed by atoms with E-state index in [4.69, 9.17) is 22.4 Å². The van der Waals surface area contributed by atoms with E-state index in [0.717, 1.165) is 0 Å². The summed E-state index contributed by atoms with van der Waals surface area (Å²) in [6.07, 6.45) is 1.17. The minimum atomic E-state index is -1.25. The van der Waals surface area contributed by atoms with Crippen LogP contribution in [0.2, 0.25) is 5.02 Å². The zero-order valence-electron chi connectivity index (χ0n) is 11.0. The Labute approximate surface area is 125 Å². The van der Waals surface area contributed by atoms with Gasteiger partial charge >= 0.3 is 12.0 Å². The smallest absolute Gasteiger partial charge is 0.339 e. The summed E-state index contributed by atoms with van der Waals surface area (Å²) in [6, 6.07) is 3.14. The summed E-state index contributed by atoms with van der Waals surface area (Å²) in [5.41, 5.74) is 5.13. The largest absolute Gasteiger partial charge is 0.478 e. The van der Waals surface area contributed by atoms with Crippen molar-refractivity contribution in [1.82, 2.24) is 4.90 Å². The second kappa shape index (κ2) is 6.01. The maximum Gasteiger partial charge on any atom is 0.339 e. The molecule has 8 heteroatoms. The highest BCUT2D eigenvalue weighted by Crippen LogP contribution is 2.25. The number of likely N-dealkylation sites (tertiary alicyclic amines) is 1. The number of carbonyl (C=O) groups excluding carboxylic acids is 2. The third-order valence-electron chi connectivity index (χ3n) is 3.31. The number of benzene rings is 1. The fraction of sp³-hybridized carbons (Fsp3) is 0.308. The first-order valence-electron chi connectivity index (χ1n) is 6.30. The number of hydrogen-bond acceptors (Lipinski definition) is 3. The van der Waals surface area contributed by atoms with E-state index < -0.39 is 23.9 Å². The molecule has 7 nitrogen and oxygen atoms in total. The molecule has 1 atom stereocenters. The molecule has 0 saturated carbocycles. The number of rotatable bonds is 3. The zero-order chi connectivity index (χ0) is 15.6. The predicted molar refractivity (Wildman–Crippen MR) is 76.4 cm³/mol. The van der Waals surface area contributed by atoms with Crippen LogP contribution in [0.25, 0.3) is 0 Å². The van der Waals surface area contributed by atoms with Crippen LogP contribution in [0, 0.1) is 0 Å².